The molecule has 0 radical (unpaired) electrons. The van der Waals surface area contributed by atoms with Gasteiger partial charge in [0.25, 0.3) is 5.91 Å². The number of aromatic nitrogens is 1. The SMILES string of the molecule is C[C@@H]1C[C@@H](Oc2cccc(NC(=O)c3ccc(F)cc3Cl)n2)CCN1C. The number of carbonyl (C=O) groups excluding carboxylic acids is 1. The molecule has 0 spiro atoms. The highest BCUT2D eigenvalue weighted by atomic mass is 35.5. The largest absolute Gasteiger partial charge is 0.474 e. The van der Waals surface area contributed by atoms with E-state index in [0.29, 0.717) is 17.7 Å². The zero-order chi connectivity index (χ0) is 18.7. The Morgan fingerprint density at radius 3 is 2.92 bits per heavy atom. The number of nitrogens with one attached hydrogen (secondary N) is 1. The summed E-state index contributed by atoms with van der Waals surface area (Å²) in [7, 11) is 2.11. The fourth-order valence-corrected chi connectivity index (χ4v) is 3.18. The zero-order valence-corrected chi connectivity index (χ0v) is 15.5. The number of rotatable bonds is 4. The topological polar surface area (TPSA) is 54.5 Å². The number of hydrogen-bond donors (Lipinski definition) is 1. The number of piperidine rings is 1. The number of pyridine rings is 1. The molecule has 0 aliphatic carbocycles. The van der Waals surface area contributed by atoms with Gasteiger partial charge in [-0.25, -0.2) is 4.39 Å². The Morgan fingerprint density at radius 1 is 1.38 bits per heavy atom. The Hall–Kier alpha value is -2.18. The summed E-state index contributed by atoms with van der Waals surface area (Å²) in [6.07, 6.45) is 1.97. The van der Waals surface area contributed by atoms with Gasteiger partial charge < -0.3 is 15.0 Å². The van der Waals surface area contributed by atoms with Crippen molar-refractivity contribution in [2.24, 2.45) is 0 Å². The maximum absolute atomic E-state index is 13.1. The number of likely N-dealkylation sites (tertiary alicyclic amines) is 1. The Bertz CT molecular complexity index is 802. The molecule has 26 heavy (non-hydrogen) atoms. The van der Waals surface area contributed by atoms with Gasteiger partial charge in [0.05, 0.1) is 10.6 Å². The minimum atomic E-state index is -0.493. The van der Waals surface area contributed by atoms with Crippen molar-refractivity contribution in [3.8, 4) is 5.88 Å². The van der Waals surface area contributed by atoms with Crippen LogP contribution in [0.2, 0.25) is 5.02 Å². The van der Waals surface area contributed by atoms with Gasteiger partial charge in [0.1, 0.15) is 17.7 Å². The van der Waals surface area contributed by atoms with E-state index in [2.05, 4.69) is 29.2 Å². The summed E-state index contributed by atoms with van der Waals surface area (Å²) < 4.78 is 19.1. The molecule has 1 N–H and O–H groups in total. The van der Waals surface area contributed by atoms with Gasteiger partial charge in [-0.3, -0.25) is 4.79 Å². The lowest BCUT2D eigenvalue weighted by Gasteiger charge is -2.34. The summed E-state index contributed by atoms with van der Waals surface area (Å²) in [5.41, 5.74) is 0.185. The van der Waals surface area contributed by atoms with Gasteiger partial charge in [-0.1, -0.05) is 17.7 Å². The molecule has 1 fully saturated rings. The Labute approximate surface area is 157 Å². The number of ether oxygens (including phenoxy) is 1. The third kappa shape index (κ3) is 4.51. The standard InChI is InChI=1S/C19H21ClFN3O2/c1-12-10-14(8-9-24(12)2)26-18-5-3-4-17(22-18)23-19(25)15-7-6-13(21)11-16(15)20/h3-7,11-12,14H,8-10H2,1-2H3,(H,22,23,25)/t12-,14+/m1/s1. The van der Waals surface area contributed by atoms with Crippen molar-refractivity contribution >= 4 is 23.3 Å². The summed E-state index contributed by atoms with van der Waals surface area (Å²) >= 11 is 5.93. The van der Waals surface area contributed by atoms with E-state index in [1.165, 1.54) is 12.1 Å². The summed E-state index contributed by atoms with van der Waals surface area (Å²) in [6.45, 7) is 3.15. The summed E-state index contributed by atoms with van der Waals surface area (Å²) in [5.74, 6) is -0.122. The molecule has 1 aromatic carbocycles. The molecule has 0 unspecified atom stereocenters. The average molecular weight is 378 g/mol. The quantitative estimate of drug-likeness (QED) is 0.875. The molecular formula is C19H21ClFN3O2. The Morgan fingerprint density at radius 2 is 2.19 bits per heavy atom. The van der Waals surface area contributed by atoms with Crippen molar-refractivity contribution in [1.29, 1.82) is 0 Å². The first-order valence-electron chi connectivity index (χ1n) is 8.52. The molecule has 3 rings (SSSR count). The summed E-state index contributed by atoms with van der Waals surface area (Å²) in [6, 6.07) is 9.29. The molecular weight excluding hydrogens is 357 g/mol. The van der Waals surface area contributed by atoms with Crippen LogP contribution in [0.15, 0.2) is 36.4 Å². The molecule has 1 saturated heterocycles. The van der Waals surface area contributed by atoms with Gasteiger partial charge in [0.2, 0.25) is 5.88 Å². The second-order valence-electron chi connectivity index (χ2n) is 6.53. The van der Waals surface area contributed by atoms with E-state index in [1.807, 2.05) is 0 Å². The molecule has 138 valence electrons. The molecule has 1 aliphatic rings. The van der Waals surface area contributed by atoms with Gasteiger partial charge in [-0.15, -0.1) is 0 Å². The molecule has 2 aromatic rings. The monoisotopic (exact) mass is 377 g/mol. The summed E-state index contributed by atoms with van der Waals surface area (Å²) in [5, 5.41) is 2.72. The second-order valence-corrected chi connectivity index (χ2v) is 6.94. The highest BCUT2D eigenvalue weighted by Crippen LogP contribution is 2.22. The van der Waals surface area contributed by atoms with E-state index in [9.17, 15) is 9.18 Å². The molecule has 0 bridgehead atoms. The first-order chi connectivity index (χ1) is 12.4. The van der Waals surface area contributed by atoms with E-state index in [-0.39, 0.29) is 16.7 Å². The first-order valence-corrected chi connectivity index (χ1v) is 8.90. The minimum absolute atomic E-state index is 0.0511. The first kappa shape index (κ1) is 18.6. The normalized spacial score (nSPS) is 20.6. The molecule has 1 aliphatic heterocycles. The van der Waals surface area contributed by atoms with E-state index >= 15 is 0 Å². The molecule has 7 heteroatoms. The number of amides is 1. The van der Waals surface area contributed by atoms with Gasteiger partial charge in [0, 0.05) is 18.7 Å². The van der Waals surface area contributed by atoms with Crippen LogP contribution in [0.25, 0.3) is 0 Å². The lowest BCUT2D eigenvalue weighted by atomic mass is 10.0. The molecule has 1 amide bonds. The van der Waals surface area contributed by atoms with Gasteiger partial charge in [-0.2, -0.15) is 4.98 Å². The molecule has 2 atom stereocenters. The maximum Gasteiger partial charge on any atom is 0.258 e. The fraction of sp³-hybridized carbons (Fsp3) is 0.368. The van der Waals surface area contributed by atoms with Crippen LogP contribution in [-0.2, 0) is 0 Å². The number of hydrogen-bond acceptors (Lipinski definition) is 4. The summed E-state index contributed by atoms with van der Waals surface area (Å²) in [4.78, 5) is 19.0. The van der Waals surface area contributed by atoms with E-state index in [0.717, 1.165) is 25.5 Å². The Kier molecular flexibility index (Phi) is 5.74. The number of nitrogens with zero attached hydrogens (tertiary/aromatic N) is 2. The van der Waals surface area contributed by atoms with Gasteiger partial charge in [-0.05, 0) is 51.1 Å². The molecule has 1 aromatic heterocycles. The van der Waals surface area contributed by atoms with Crippen LogP contribution in [0.3, 0.4) is 0 Å². The predicted octanol–water partition coefficient (Wildman–Crippen LogP) is 3.99. The molecule has 2 heterocycles. The highest BCUT2D eigenvalue weighted by Gasteiger charge is 2.24. The van der Waals surface area contributed by atoms with Crippen LogP contribution in [0.5, 0.6) is 5.88 Å². The van der Waals surface area contributed by atoms with Crippen molar-refractivity contribution in [2.45, 2.75) is 31.9 Å². The fourth-order valence-electron chi connectivity index (χ4n) is 2.93. The third-order valence-corrected chi connectivity index (χ3v) is 4.90. The second kappa shape index (κ2) is 8.01. The van der Waals surface area contributed by atoms with Crippen LogP contribution in [-0.4, -0.2) is 41.5 Å². The number of carbonyl (C=O) groups is 1. The van der Waals surface area contributed by atoms with Crippen molar-refractivity contribution in [2.75, 3.05) is 18.9 Å². The Balaban J connectivity index is 1.66. The zero-order valence-electron chi connectivity index (χ0n) is 14.7. The lowest BCUT2D eigenvalue weighted by Crippen LogP contribution is -2.42. The van der Waals surface area contributed by atoms with Crippen LogP contribution >= 0.6 is 11.6 Å². The number of halogens is 2. The average Bonchev–Trinajstić information content (AvgIpc) is 2.58. The van der Waals surface area contributed by atoms with Crippen LogP contribution in [0, 0.1) is 5.82 Å². The highest BCUT2D eigenvalue weighted by molar-refractivity contribution is 6.34. The predicted molar refractivity (Wildman–Crippen MR) is 99.3 cm³/mol. The van der Waals surface area contributed by atoms with Crippen molar-refractivity contribution < 1.29 is 13.9 Å². The minimum Gasteiger partial charge on any atom is -0.474 e. The van der Waals surface area contributed by atoms with Gasteiger partial charge >= 0.3 is 0 Å². The molecule has 5 nitrogen and oxygen atoms in total. The van der Waals surface area contributed by atoms with Crippen LogP contribution in [0.4, 0.5) is 10.2 Å². The lowest BCUT2D eigenvalue weighted by molar-refractivity contribution is 0.0760. The number of anilines is 1. The van der Waals surface area contributed by atoms with Crippen molar-refractivity contribution in [3.63, 3.8) is 0 Å². The van der Waals surface area contributed by atoms with E-state index in [4.69, 9.17) is 16.3 Å². The van der Waals surface area contributed by atoms with Crippen LogP contribution < -0.4 is 10.1 Å². The third-order valence-electron chi connectivity index (χ3n) is 4.59. The van der Waals surface area contributed by atoms with Crippen LogP contribution in [0.1, 0.15) is 30.1 Å². The smallest absolute Gasteiger partial charge is 0.258 e. The molecule has 0 saturated carbocycles. The number of benzene rings is 1. The van der Waals surface area contributed by atoms with Gasteiger partial charge in [0.15, 0.2) is 0 Å². The van der Waals surface area contributed by atoms with E-state index < -0.39 is 11.7 Å². The van der Waals surface area contributed by atoms with E-state index in [1.54, 1.807) is 18.2 Å². The van der Waals surface area contributed by atoms with Crippen molar-refractivity contribution in [1.82, 2.24) is 9.88 Å². The van der Waals surface area contributed by atoms with Crippen molar-refractivity contribution in [3.05, 3.63) is 52.8 Å². The maximum atomic E-state index is 13.1.